The molecule has 3 nitrogen and oxygen atoms in total. The molecular weight excluding hydrogens is 443 g/mol. The number of hydrogen-bond donors (Lipinski definition) is 0. The minimum Gasteiger partial charge on any atom is -0.488 e. The summed E-state index contributed by atoms with van der Waals surface area (Å²) >= 11 is 12.2. The highest BCUT2D eigenvalue weighted by Crippen LogP contribution is 2.39. The van der Waals surface area contributed by atoms with Crippen molar-refractivity contribution in [2.45, 2.75) is 39.7 Å². The summed E-state index contributed by atoms with van der Waals surface area (Å²) < 4.78 is 11.9. The van der Waals surface area contributed by atoms with Gasteiger partial charge in [0.2, 0.25) is 5.78 Å². The maximum atomic E-state index is 12.9. The standard InChI is InChI=1S/C27H24Cl2O3/c1-16-23(31-15-18-7-10-20(28)14-22(18)29)12-11-21-25(30)24(32-26(16)21)13-17-5-8-19(9-6-17)27(2,3)4/h5-14H,15H2,1-4H3/b24-13-. The van der Waals surface area contributed by atoms with E-state index in [-0.39, 0.29) is 17.8 Å². The fourth-order valence-corrected chi connectivity index (χ4v) is 4.01. The molecule has 1 aliphatic heterocycles. The van der Waals surface area contributed by atoms with Gasteiger partial charge in [0.05, 0.1) is 5.56 Å². The highest BCUT2D eigenvalue weighted by Gasteiger charge is 2.30. The van der Waals surface area contributed by atoms with Gasteiger partial charge in [-0.3, -0.25) is 4.79 Å². The van der Waals surface area contributed by atoms with Crippen LogP contribution >= 0.6 is 23.2 Å². The summed E-state index contributed by atoms with van der Waals surface area (Å²) in [5.74, 6) is 1.35. The molecule has 32 heavy (non-hydrogen) atoms. The van der Waals surface area contributed by atoms with Gasteiger partial charge in [-0.05, 0) is 53.8 Å². The molecule has 4 rings (SSSR count). The number of halogens is 2. The van der Waals surface area contributed by atoms with Gasteiger partial charge in [-0.15, -0.1) is 0 Å². The van der Waals surface area contributed by atoms with Crippen molar-refractivity contribution in [1.29, 1.82) is 0 Å². The van der Waals surface area contributed by atoms with E-state index in [1.54, 1.807) is 30.3 Å². The van der Waals surface area contributed by atoms with Crippen LogP contribution in [0.2, 0.25) is 10.0 Å². The van der Waals surface area contributed by atoms with Crippen molar-refractivity contribution in [3.8, 4) is 11.5 Å². The van der Waals surface area contributed by atoms with E-state index >= 15 is 0 Å². The first kappa shape index (κ1) is 22.4. The van der Waals surface area contributed by atoms with Crippen LogP contribution in [0.25, 0.3) is 6.08 Å². The van der Waals surface area contributed by atoms with Crippen LogP contribution in [0.4, 0.5) is 0 Å². The second-order valence-electron chi connectivity index (χ2n) is 8.90. The van der Waals surface area contributed by atoms with E-state index in [1.165, 1.54) is 5.56 Å². The van der Waals surface area contributed by atoms with Crippen LogP contribution in [0, 0.1) is 6.92 Å². The zero-order valence-corrected chi connectivity index (χ0v) is 20.0. The Hall–Kier alpha value is -2.75. The Bertz CT molecular complexity index is 1220. The van der Waals surface area contributed by atoms with Crippen molar-refractivity contribution >= 4 is 35.1 Å². The summed E-state index contributed by atoms with van der Waals surface area (Å²) in [4.78, 5) is 12.9. The molecule has 0 N–H and O–H groups in total. The van der Waals surface area contributed by atoms with E-state index in [4.69, 9.17) is 32.7 Å². The van der Waals surface area contributed by atoms with Crippen LogP contribution in [0.3, 0.4) is 0 Å². The van der Waals surface area contributed by atoms with Crippen LogP contribution in [-0.2, 0) is 12.0 Å². The second kappa shape index (κ2) is 8.65. The molecule has 0 unspecified atom stereocenters. The topological polar surface area (TPSA) is 35.5 Å². The Morgan fingerprint density at radius 3 is 2.38 bits per heavy atom. The van der Waals surface area contributed by atoms with Crippen molar-refractivity contribution in [3.63, 3.8) is 0 Å². The minimum atomic E-state index is -0.129. The SMILES string of the molecule is Cc1c(OCc2ccc(Cl)cc2Cl)ccc2c1O/C(=C\c1ccc(C(C)(C)C)cc1)C2=O. The predicted molar refractivity (Wildman–Crippen MR) is 130 cm³/mol. The van der Waals surface area contributed by atoms with Crippen molar-refractivity contribution in [2.24, 2.45) is 0 Å². The molecule has 0 radical (unpaired) electrons. The van der Waals surface area contributed by atoms with Crippen molar-refractivity contribution in [3.05, 3.63) is 98.2 Å². The van der Waals surface area contributed by atoms with E-state index in [0.717, 1.165) is 16.7 Å². The lowest BCUT2D eigenvalue weighted by Gasteiger charge is -2.18. The average molecular weight is 467 g/mol. The summed E-state index contributed by atoms with van der Waals surface area (Å²) in [5, 5.41) is 1.12. The Balaban J connectivity index is 1.54. The maximum Gasteiger partial charge on any atom is 0.231 e. The fourth-order valence-electron chi connectivity index (χ4n) is 3.55. The third-order valence-electron chi connectivity index (χ3n) is 5.51. The van der Waals surface area contributed by atoms with Gasteiger partial charge in [0.15, 0.2) is 5.76 Å². The monoisotopic (exact) mass is 466 g/mol. The first-order chi connectivity index (χ1) is 15.1. The number of benzene rings is 3. The van der Waals surface area contributed by atoms with E-state index in [9.17, 15) is 4.79 Å². The van der Waals surface area contributed by atoms with Crippen LogP contribution in [0.5, 0.6) is 11.5 Å². The van der Waals surface area contributed by atoms with Crippen molar-refractivity contribution in [1.82, 2.24) is 0 Å². The maximum absolute atomic E-state index is 12.9. The highest BCUT2D eigenvalue weighted by atomic mass is 35.5. The van der Waals surface area contributed by atoms with Crippen LogP contribution in [0.1, 0.15) is 53.4 Å². The summed E-state index contributed by atoms with van der Waals surface area (Å²) in [6, 6.07) is 17.0. The fraction of sp³-hybridized carbons (Fsp3) is 0.222. The Kier molecular flexibility index (Phi) is 6.07. The lowest BCUT2D eigenvalue weighted by Crippen LogP contribution is -2.10. The Morgan fingerprint density at radius 2 is 1.72 bits per heavy atom. The molecule has 0 saturated carbocycles. The molecule has 1 aliphatic rings. The Morgan fingerprint density at radius 1 is 1.00 bits per heavy atom. The van der Waals surface area contributed by atoms with Gasteiger partial charge in [0.1, 0.15) is 18.1 Å². The molecule has 164 valence electrons. The number of fused-ring (bicyclic) bond motifs is 1. The van der Waals surface area contributed by atoms with Crippen molar-refractivity contribution in [2.75, 3.05) is 0 Å². The average Bonchev–Trinajstić information content (AvgIpc) is 3.05. The van der Waals surface area contributed by atoms with Gasteiger partial charge in [-0.2, -0.15) is 0 Å². The predicted octanol–water partition coefficient (Wildman–Crippen LogP) is 7.79. The first-order valence-corrected chi connectivity index (χ1v) is 11.1. The molecule has 0 fully saturated rings. The largest absolute Gasteiger partial charge is 0.488 e. The quantitative estimate of drug-likeness (QED) is 0.368. The normalized spacial score (nSPS) is 14.4. The smallest absolute Gasteiger partial charge is 0.231 e. The molecule has 3 aromatic carbocycles. The lowest BCUT2D eigenvalue weighted by molar-refractivity contribution is 0.101. The van der Waals surface area contributed by atoms with Gasteiger partial charge in [-0.1, -0.05) is 74.3 Å². The molecule has 0 amide bonds. The van der Waals surface area contributed by atoms with Gasteiger partial charge in [0, 0.05) is 21.2 Å². The lowest BCUT2D eigenvalue weighted by atomic mass is 9.86. The summed E-state index contributed by atoms with van der Waals surface area (Å²) in [5.41, 5.74) is 4.36. The highest BCUT2D eigenvalue weighted by molar-refractivity contribution is 6.35. The molecule has 0 atom stereocenters. The summed E-state index contributed by atoms with van der Waals surface area (Å²) in [7, 11) is 0. The number of ketones is 1. The van der Waals surface area contributed by atoms with E-state index in [0.29, 0.717) is 32.9 Å². The number of ether oxygens (including phenoxy) is 2. The molecular formula is C27H24Cl2O3. The zero-order valence-electron chi connectivity index (χ0n) is 18.5. The van der Waals surface area contributed by atoms with Gasteiger partial charge in [-0.25, -0.2) is 0 Å². The molecule has 0 bridgehead atoms. The number of allylic oxidation sites excluding steroid dienone is 1. The van der Waals surface area contributed by atoms with E-state index in [2.05, 4.69) is 32.9 Å². The van der Waals surface area contributed by atoms with Crippen molar-refractivity contribution < 1.29 is 14.3 Å². The number of hydrogen-bond acceptors (Lipinski definition) is 3. The van der Waals surface area contributed by atoms with Gasteiger partial charge < -0.3 is 9.47 Å². The Labute approximate surface area is 198 Å². The second-order valence-corrected chi connectivity index (χ2v) is 9.75. The minimum absolute atomic E-state index is 0.0747. The molecule has 0 aliphatic carbocycles. The van der Waals surface area contributed by atoms with E-state index in [1.807, 2.05) is 25.1 Å². The number of Topliss-reactive ketones (excluding diaryl/α,β-unsaturated/α-hetero) is 1. The molecule has 0 spiro atoms. The number of carbonyl (C=O) groups excluding carboxylic acids is 1. The molecule has 1 heterocycles. The summed E-state index contributed by atoms with van der Waals surface area (Å²) in [6.45, 7) is 8.68. The number of rotatable bonds is 4. The third kappa shape index (κ3) is 4.55. The van der Waals surface area contributed by atoms with Gasteiger partial charge in [0.25, 0.3) is 0 Å². The molecule has 0 aromatic heterocycles. The van der Waals surface area contributed by atoms with Crippen LogP contribution < -0.4 is 9.47 Å². The number of carbonyl (C=O) groups is 1. The first-order valence-electron chi connectivity index (χ1n) is 10.4. The van der Waals surface area contributed by atoms with E-state index < -0.39 is 0 Å². The van der Waals surface area contributed by atoms with Crippen LogP contribution in [0.15, 0.2) is 60.4 Å². The van der Waals surface area contributed by atoms with Crippen LogP contribution in [-0.4, -0.2) is 5.78 Å². The molecule has 0 saturated heterocycles. The molecule has 5 heteroatoms. The summed E-state index contributed by atoms with van der Waals surface area (Å²) in [6.07, 6.45) is 1.78. The van der Waals surface area contributed by atoms with Gasteiger partial charge >= 0.3 is 0 Å². The molecule has 3 aromatic rings. The third-order valence-corrected chi connectivity index (χ3v) is 6.10. The zero-order chi connectivity index (χ0) is 23.0.